The molecule has 0 aliphatic carbocycles. The highest BCUT2D eigenvalue weighted by molar-refractivity contribution is 4.57. The molecule has 0 aromatic heterocycles. The summed E-state index contributed by atoms with van der Waals surface area (Å²) in [5.41, 5.74) is 0. The molecule has 0 saturated heterocycles. The lowest BCUT2D eigenvalue weighted by atomic mass is 10.3. The van der Waals surface area contributed by atoms with E-state index in [4.69, 9.17) is 14.2 Å². The van der Waals surface area contributed by atoms with Crippen LogP contribution in [0.2, 0.25) is 0 Å². The van der Waals surface area contributed by atoms with Crippen LogP contribution in [0.3, 0.4) is 0 Å². The van der Waals surface area contributed by atoms with E-state index in [1.54, 1.807) is 0 Å². The van der Waals surface area contributed by atoms with E-state index in [-0.39, 0.29) is 12.2 Å². The Morgan fingerprint density at radius 2 is 1.33 bits per heavy atom. The molecule has 0 radical (unpaired) electrons. The summed E-state index contributed by atoms with van der Waals surface area (Å²) < 4.78 is 16.6. The molecule has 3 heteroatoms. The van der Waals surface area contributed by atoms with Gasteiger partial charge in [-0.05, 0) is 26.7 Å². The summed E-state index contributed by atoms with van der Waals surface area (Å²) in [7, 11) is 0. The van der Waals surface area contributed by atoms with E-state index >= 15 is 0 Å². The third-order valence-corrected chi connectivity index (χ3v) is 1.77. The Labute approximate surface area is 94.1 Å². The standard InChI is InChI=1S/C12H26O3/c1-5-7-13-9-12(15-11(3)4)10-14-8-6-2/h11-12H,5-10H2,1-4H3. The molecule has 3 nitrogen and oxygen atoms in total. The maximum atomic E-state index is 5.69. The molecular weight excluding hydrogens is 192 g/mol. The average molecular weight is 218 g/mol. The molecule has 0 atom stereocenters. The van der Waals surface area contributed by atoms with Gasteiger partial charge in [-0.1, -0.05) is 13.8 Å². The van der Waals surface area contributed by atoms with Crippen LogP contribution in [0.1, 0.15) is 40.5 Å². The van der Waals surface area contributed by atoms with Crippen LogP contribution >= 0.6 is 0 Å². The van der Waals surface area contributed by atoms with Gasteiger partial charge in [-0.25, -0.2) is 0 Å². The van der Waals surface area contributed by atoms with E-state index in [0.717, 1.165) is 26.1 Å². The zero-order chi connectivity index (χ0) is 11.5. The highest BCUT2D eigenvalue weighted by Crippen LogP contribution is 2.01. The lowest BCUT2D eigenvalue weighted by molar-refractivity contribution is -0.0814. The SMILES string of the molecule is CCCOCC(COCCC)OC(C)C. The molecule has 0 rings (SSSR count). The predicted octanol–water partition coefficient (Wildman–Crippen LogP) is 2.63. The molecule has 0 aromatic rings. The van der Waals surface area contributed by atoms with Gasteiger partial charge in [-0.15, -0.1) is 0 Å². The molecular formula is C12H26O3. The minimum absolute atomic E-state index is 0.0723. The second kappa shape index (κ2) is 10.4. The molecule has 0 amide bonds. The molecule has 0 bridgehead atoms. The van der Waals surface area contributed by atoms with Gasteiger partial charge in [0.15, 0.2) is 0 Å². The van der Waals surface area contributed by atoms with Crippen molar-refractivity contribution in [3.8, 4) is 0 Å². The van der Waals surface area contributed by atoms with Crippen molar-refractivity contribution in [2.45, 2.75) is 52.7 Å². The average Bonchev–Trinajstić information content (AvgIpc) is 2.17. The molecule has 15 heavy (non-hydrogen) atoms. The first-order valence-electron chi connectivity index (χ1n) is 6.01. The maximum absolute atomic E-state index is 5.69. The first-order chi connectivity index (χ1) is 7.20. The van der Waals surface area contributed by atoms with Crippen LogP contribution in [-0.4, -0.2) is 38.6 Å². The zero-order valence-corrected chi connectivity index (χ0v) is 10.6. The Morgan fingerprint density at radius 3 is 1.67 bits per heavy atom. The summed E-state index contributed by atoms with van der Waals surface area (Å²) in [4.78, 5) is 0. The van der Waals surface area contributed by atoms with Gasteiger partial charge in [0.25, 0.3) is 0 Å². The number of rotatable bonds is 10. The second-order valence-corrected chi connectivity index (χ2v) is 3.96. The van der Waals surface area contributed by atoms with Gasteiger partial charge in [0, 0.05) is 13.2 Å². The van der Waals surface area contributed by atoms with Gasteiger partial charge in [-0.2, -0.15) is 0 Å². The van der Waals surface area contributed by atoms with Crippen LogP contribution in [0.5, 0.6) is 0 Å². The van der Waals surface area contributed by atoms with Crippen LogP contribution in [-0.2, 0) is 14.2 Å². The Hall–Kier alpha value is -0.120. The minimum atomic E-state index is 0.0723. The van der Waals surface area contributed by atoms with Crippen molar-refractivity contribution in [1.82, 2.24) is 0 Å². The third-order valence-electron chi connectivity index (χ3n) is 1.77. The van der Waals surface area contributed by atoms with Crippen molar-refractivity contribution < 1.29 is 14.2 Å². The fourth-order valence-corrected chi connectivity index (χ4v) is 1.23. The monoisotopic (exact) mass is 218 g/mol. The van der Waals surface area contributed by atoms with Gasteiger partial charge in [0.1, 0.15) is 6.10 Å². The lowest BCUT2D eigenvalue weighted by Gasteiger charge is -2.20. The lowest BCUT2D eigenvalue weighted by Crippen LogP contribution is -2.28. The van der Waals surface area contributed by atoms with E-state index in [1.807, 2.05) is 13.8 Å². The van der Waals surface area contributed by atoms with E-state index < -0.39 is 0 Å². The molecule has 0 N–H and O–H groups in total. The normalized spacial score (nSPS) is 11.6. The molecule has 0 aliphatic heterocycles. The van der Waals surface area contributed by atoms with Crippen LogP contribution in [0.4, 0.5) is 0 Å². The molecule has 0 aliphatic rings. The van der Waals surface area contributed by atoms with Crippen LogP contribution < -0.4 is 0 Å². The molecule has 0 heterocycles. The summed E-state index contributed by atoms with van der Waals surface area (Å²) in [6.07, 6.45) is 2.39. The quantitative estimate of drug-likeness (QED) is 0.528. The summed E-state index contributed by atoms with van der Waals surface area (Å²) >= 11 is 0. The van der Waals surface area contributed by atoms with Crippen molar-refractivity contribution in [3.63, 3.8) is 0 Å². The summed E-state index contributed by atoms with van der Waals surface area (Å²) in [6.45, 7) is 11.1. The van der Waals surface area contributed by atoms with Gasteiger partial charge in [0.2, 0.25) is 0 Å². The topological polar surface area (TPSA) is 27.7 Å². The zero-order valence-electron chi connectivity index (χ0n) is 10.6. The van der Waals surface area contributed by atoms with Crippen LogP contribution in [0, 0.1) is 0 Å². The van der Waals surface area contributed by atoms with Crippen molar-refractivity contribution in [2.75, 3.05) is 26.4 Å². The maximum Gasteiger partial charge on any atom is 0.104 e. The predicted molar refractivity (Wildman–Crippen MR) is 62.2 cm³/mol. The van der Waals surface area contributed by atoms with E-state index in [9.17, 15) is 0 Å². The van der Waals surface area contributed by atoms with Crippen molar-refractivity contribution in [2.24, 2.45) is 0 Å². The second-order valence-electron chi connectivity index (χ2n) is 3.96. The third kappa shape index (κ3) is 10.2. The van der Waals surface area contributed by atoms with Crippen molar-refractivity contribution in [3.05, 3.63) is 0 Å². The van der Waals surface area contributed by atoms with Gasteiger partial charge < -0.3 is 14.2 Å². The smallest absolute Gasteiger partial charge is 0.104 e. The first kappa shape index (κ1) is 14.9. The molecule has 0 aromatic carbocycles. The minimum Gasteiger partial charge on any atom is -0.379 e. The van der Waals surface area contributed by atoms with E-state index in [0.29, 0.717) is 13.2 Å². The molecule has 92 valence electrons. The fraction of sp³-hybridized carbons (Fsp3) is 1.00. The first-order valence-corrected chi connectivity index (χ1v) is 6.01. The van der Waals surface area contributed by atoms with Gasteiger partial charge in [0.05, 0.1) is 19.3 Å². The Bertz CT molecular complexity index is 116. The van der Waals surface area contributed by atoms with Crippen LogP contribution in [0.15, 0.2) is 0 Å². The fourth-order valence-electron chi connectivity index (χ4n) is 1.23. The molecule has 0 spiro atoms. The van der Waals surface area contributed by atoms with Crippen molar-refractivity contribution >= 4 is 0 Å². The van der Waals surface area contributed by atoms with Crippen molar-refractivity contribution in [1.29, 1.82) is 0 Å². The Kier molecular flexibility index (Phi) is 10.3. The Balaban J connectivity index is 3.63. The van der Waals surface area contributed by atoms with E-state index in [1.165, 1.54) is 0 Å². The summed E-state index contributed by atoms with van der Waals surface area (Å²) in [5, 5.41) is 0. The Morgan fingerprint density at radius 1 is 0.867 bits per heavy atom. The summed E-state index contributed by atoms with van der Waals surface area (Å²) in [6, 6.07) is 0. The number of hydrogen-bond donors (Lipinski definition) is 0. The molecule has 0 unspecified atom stereocenters. The largest absolute Gasteiger partial charge is 0.379 e. The number of hydrogen-bond acceptors (Lipinski definition) is 3. The summed E-state index contributed by atoms with van der Waals surface area (Å²) in [5.74, 6) is 0. The number of ether oxygens (including phenoxy) is 3. The van der Waals surface area contributed by atoms with E-state index in [2.05, 4.69) is 13.8 Å². The highest BCUT2D eigenvalue weighted by Gasteiger charge is 2.11. The molecule has 0 saturated carbocycles. The van der Waals surface area contributed by atoms with Gasteiger partial charge >= 0.3 is 0 Å². The van der Waals surface area contributed by atoms with Crippen LogP contribution in [0.25, 0.3) is 0 Å². The highest BCUT2D eigenvalue weighted by atomic mass is 16.6. The molecule has 0 fully saturated rings. The van der Waals surface area contributed by atoms with Gasteiger partial charge in [-0.3, -0.25) is 0 Å².